The third-order valence-corrected chi connectivity index (χ3v) is 4.31. The van der Waals surface area contributed by atoms with Crippen molar-refractivity contribution in [2.24, 2.45) is 0 Å². The number of hydrogen-bond acceptors (Lipinski definition) is 3. The van der Waals surface area contributed by atoms with Gasteiger partial charge in [-0.15, -0.1) is 0 Å². The van der Waals surface area contributed by atoms with Crippen LogP contribution < -0.4 is 10.2 Å². The number of anilines is 3. The van der Waals surface area contributed by atoms with Crippen molar-refractivity contribution in [3.63, 3.8) is 0 Å². The lowest BCUT2D eigenvalue weighted by molar-refractivity contribution is 0.0993. The van der Waals surface area contributed by atoms with Crippen molar-refractivity contribution in [2.75, 3.05) is 17.3 Å². The van der Waals surface area contributed by atoms with E-state index >= 15 is 0 Å². The van der Waals surface area contributed by atoms with E-state index in [1.54, 1.807) is 30.3 Å². The van der Waals surface area contributed by atoms with E-state index in [0.717, 1.165) is 16.9 Å². The Hall–Kier alpha value is -2.85. The molecule has 0 aliphatic heterocycles. The number of benzene rings is 2. The Morgan fingerprint density at radius 2 is 1.84 bits per heavy atom. The first kappa shape index (κ1) is 17.0. The Bertz CT molecular complexity index is 896. The summed E-state index contributed by atoms with van der Waals surface area (Å²) in [6, 6.07) is 18.6. The van der Waals surface area contributed by atoms with E-state index in [1.807, 2.05) is 55.5 Å². The fraction of sp³-hybridized carbons (Fsp3) is 0.100. The lowest BCUT2D eigenvalue weighted by Crippen LogP contribution is -2.26. The first-order chi connectivity index (χ1) is 12.0. The Balaban J connectivity index is 1.81. The summed E-state index contributed by atoms with van der Waals surface area (Å²) in [4.78, 5) is 18.6. The Morgan fingerprint density at radius 1 is 1.08 bits per heavy atom. The molecule has 126 valence electrons. The molecule has 0 unspecified atom stereocenters. The number of aryl methyl sites for hydroxylation is 1. The minimum absolute atomic E-state index is 0.0985. The van der Waals surface area contributed by atoms with E-state index in [1.165, 1.54) is 0 Å². The average molecular weight is 352 g/mol. The molecule has 4 nitrogen and oxygen atoms in total. The maximum absolute atomic E-state index is 12.7. The summed E-state index contributed by atoms with van der Waals surface area (Å²) in [7, 11) is 1.75. The Morgan fingerprint density at radius 3 is 2.56 bits per heavy atom. The molecule has 1 amide bonds. The summed E-state index contributed by atoms with van der Waals surface area (Å²) >= 11 is 6.15. The fourth-order valence-corrected chi connectivity index (χ4v) is 2.59. The molecule has 3 rings (SSSR count). The molecule has 1 aromatic heterocycles. The number of nitrogens with zero attached hydrogens (tertiary/aromatic N) is 2. The lowest BCUT2D eigenvalue weighted by Gasteiger charge is -2.17. The van der Waals surface area contributed by atoms with Gasteiger partial charge in [0.05, 0.1) is 0 Å². The zero-order valence-corrected chi connectivity index (χ0v) is 14.8. The fourth-order valence-electron chi connectivity index (χ4n) is 2.41. The maximum Gasteiger partial charge on any atom is 0.258 e. The Labute approximate surface area is 152 Å². The molecule has 0 saturated carbocycles. The van der Waals surface area contributed by atoms with Crippen molar-refractivity contribution in [3.05, 3.63) is 83.0 Å². The molecule has 1 heterocycles. The first-order valence-corrected chi connectivity index (χ1v) is 8.25. The molecule has 0 aliphatic rings. The normalized spacial score (nSPS) is 10.4. The van der Waals surface area contributed by atoms with Crippen LogP contribution in [0, 0.1) is 6.92 Å². The molecule has 0 fully saturated rings. The highest BCUT2D eigenvalue weighted by Crippen LogP contribution is 2.23. The van der Waals surface area contributed by atoms with E-state index in [4.69, 9.17) is 11.6 Å². The number of hydrogen-bond donors (Lipinski definition) is 1. The third-order valence-electron chi connectivity index (χ3n) is 3.90. The first-order valence-electron chi connectivity index (χ1n) is 7.87. The molecule has 0 saturated heterocycles. The van der Waals surface area contributed by atoms with E-state index in [2.05, 4.69) is 10.3 Å². The van der Waals surface area contributed by atoms with Gasteiger partial charge >= 0.3 is 0 Å². The second-order valence-electron chi connectivity index (χ2n) is 5.72. The summed E-state index contributed by atoms with van der Waals surface area (Å²) < 4.78 is 0. The van der Waals surface area contributed by atoms with Crippen LogP contribution in [0.5, 0.6) is 0 Å². The van der Waals surface area contributed by atoms with Gasteiger partial charge in [0.15, 0.2) is 0 Å². The molecular weight excluding hydrogens is 334 g/mol. The minimum atomic E-state index is -0.0985. The standard InChI is InChI=1S/C20H18ClN3O/c1-14-8-9-16(13-18(14)21)23-19-12-15(10-11-22-19)20(25)24(2)17-6-4-3-5-7-17/h3-13H,1-2H3,(H,22,23). The number of amides is 1. The van der Waals surface area contributed by atoms with Gasteiger partial charge in [-0.1, -0.05) is 35.9 Å². The molecule has 0 bridgehead atoms. The van der Waals surface area contributed by atoms with Gasteiger partial charge in [0.2, 0.25) is 0 Å². The van der Waals surface area contributed by atoms with E-state index in [0.29, 0.717) is 16.4 Å². The van der Waals surface area contributed by atoms with Crippen LogP contribution >= 0.6 is 11.6 Å². The number of rotatable bonds is 4. The van der Waals surface area contributed by atoms with Crippen molar-refractivity contribution in [1.29, 1.82) is 0 Å². The van der Waals surface area contributed by atoms with Crippen LogP contribution in [0.4, 0.5) is 17.2 Å². The van der Waals surface area contributed by atoms with Gasteiger partial charge in [0.1, 0.15) is 5.82 Å². The number of aromatic nitrogens is 1. The van der Waals surface area contributed by atoms with Gasteiger partial charge < -0.3 is 10.2 Å². The zero-order chi connectivity index (χ0) is 17.8. The summed E-state index contributed by atoms with van der Waals surface area (Å²) in [5.41, 5.74) is 3.23. The smallest absolute Gasteiger partial charge is 0.258 e. The molecule has 0 spiro atoms. The molecular formula is C20H18ClN3O. The highest BCUT2D eigenvalue weighted by Gasteiger charge is 2.14. The number of halogens is 1. The minimum Gasteiger partial charge on any atom is -0.340 e. The zero-order valence-electron chi connectivity index (χ0n) is 14.0. The van der Waals surface area contributed by atoms with Crippen LogP contribution in [0.25, 0.3) is 0 Å². The summed E-state index contributed by atoms with van der Waals surface area (Å²) in [6.45, 7) is 1.95. The van der Waals surface area contributed by atoms with Crippen molar-refractivity contribution in [3.8, 4) is 0 Å². The van der Waals surface area contributed by atoms with Crippen LogP contribution in [0.1, 0.15) is 15.9 Å². The maximum atomic E-state index is 12.7. The highest BCUT2D eigenvalue weighted by atomic mass is 35.5. The van der Waals surface area contributed by atoms with Crippen LogP contribution in [0.3, 0.4) is 0 Å². The molecule has 0 aliphatic carbocycles. The van der Waals surface area contributed by atoms with Gasteiger partial charge in [-0.05, 0) is 48.9 Å². The van der Waals surface area contributed by atoms with E-state index in [9.17, 15) is 4.79 Å². The molecule has 25 heavy (non-hydrogen) atoms. The SMILES string of the molecule is Cc1ccc(Nc2cc(C(=O)N(C)c3ccccc3)ccn2)cc1Cl. The largest absolute Gasteiger partial charge is 0.340 e. The number of carbonyl (C=O) groups excluding carboxylic acids is 1. The number of pyridine rings is 1. The number of nitrogens with one attached hydrogen (secondary N) is 1. The van der Waals surface area contributed by atoms with Crippen LogP contribution in [0.2, 0.25) is 5.02 Å². The van der Waals surface area contributed by atoms with Crippen molar-refractivity contribution in [1.82, 2.24) is 4.98 Å². The molecule has 0 atom stereocenters. The summed E-state index contributed by atoms with van der Waals surface area (Å²) in [6.07, 6.45) is 1.62. The summed E-state index contributed by atoms with van der Waals surface area (Å²) in [5, 5.41) is 3.86. The van der Waals surface area contributed by atoms with Crippen molar-refractivity contribution < 1.29 is 4.79 Å². The van der Waals surface area contributed by atoms with Crippen molar-refractivity contribution in [2.45, 2.75) is 6.92 Å². The van der Waals surface area contributed by atoms with Crippen LogP contribution in [-0.4, -0.2) is 17.9 Å². The third kappa shape index (κ3) is 3.98. The highest BCUT2D eigenvalue weighted by molar-refractivity contribution is 6.31. The molecule has 1 N–H and O–H groups in total. The van der Waals surface area contributed by atoms with Crippen molar-refractivity contribution >= 4 is 34.7 Å². The second kappa shape index (κ2) is 7.36. The predicted octanol–water partition coefficient (Wildman–Crippen LogP) is 5.06. The van der Waals surface area contributed by atoms with Gasteiger partial charge in [-0.2, -0.15) is 0 Å². The van der Waals surface area contributed by atoms with E-state index in [-0.39, 0.29) is 5.91 Å². The lowest BCUT2D eigenvalue weighted by atomic mass is 10.2. The average Bonchev–Trinajstić information content (AvgIpc) is 2.64. The number of para-hydroxylation sites is 1. The monoisotopic (exact) mass is 351 g/mol. The molecule has 5 heteroatoms. The molecule has 3 aromatic rings. The Kier molecular flexibility index (Phi) is 5.00. The quantitative estimate of drug-likeness (QED) is 0.714. The number of carbonyl (C=O) groups is 1. The van der Waals surface area contributed by atoms with Gasteiger partial charge in [0.25, 0.3) is 5.91 Å². The molecule has 2 aromatic carbocycles. The van der Waals surface area contributed by atoms with Gasteiger partial charge in [-0.25, -0.2) is 4.98 Å². The predicted molar refractivity (Wildman–Crippen MR) is 103 cm³/mol. The van der Waals surface area contributed by atoms with Gasteiger partial charge in [0, 0.05) is 35.2 Å². The van der Waals surface area contributed by atoms with Crippen LogP contribution in [-0.2, 0) is 0 Å². The second-order valence-corrected chi connectivity index (χ2v) is 6.13. The molecule has 0 radical (unpaired) electrons. The summed E-state index contributed by atoms with van der Waals surface area (Å²) in [5.74, 6) is 0.491. The van der Waals surface area contributed by atoms with Crippen LogP contribution in [0.15, 0.2) is 66.9 Å². The topological polar surface area (TPSA) is 45.2 Å². The van der Waals surface area contributed by atoms with Gasteiger partial charge in [-0.3, -0.25) is 4.79 Å². The van der Waals surface area contributed by atoms with E-state index < -0.39 is 0 Å².